The minimum atomic E-state index is 0.605. The number of guanidine groups is 1. The number of nitrogens with zero attached hydrogens (tertiary/aromatic N) is 1. The van der Waals surface area contributed by atoms with Crippen molar-refractivity contribution in [2.75, 3.05) is 34.9 Å². The molecule has 6 heteroatoms. The fourth-order valence-electron chi connectivity index (χ4n) is 3.54. The second-order valence-electron chi connectivity index (χ2n) is 6.68. The summed E-state index contributed by atoms with van der Waals surface area (Å²) in [7, 11) is 6.65. The van der Waals surface area contributed by atoms with E-state index in [4.69, 9.17) is 14.2 Å². The van der Waals surface area contributed by atoms with Gasteiger partial charge in [0.1, 0.15) is 0 Å². The molecule has 0 bridgehead atoms. The largest absolute Gasteiger partial charge is 0.493 e. The fourth-order valence-corrected chi connectivity index (χ4v) is 3.54. The van der Waals surface area contributed by atoms with Gasteiger partial charge < -0.3 is 24.8 Å². The summed E-state index contributed by atoms with van der Waals surface area (Å²) in [6.07, 6.45) is 8.15. The van der Waals surface area contributed by atoms with E-state index in [1.54, 1.807) is 28.4 Å². The van der Waals surface area contributed by atoms with E-state index in [2.05, 4.69) is 15.6 Å². The van der Waals surface area contributed by atoms with E-state index in [1.807, 2.05) is 12.1 Å². The fraction of sp³-hybridized carbons (Fsp3) is 0.650. The van der Waals surface area contributed by atoms with E-state index < -0.39 is 0 Å². The second-order valence-corrected chi connectivity index (χ2v) is 6.68. The molecule has 1 aromatic carbocycles. The van der Waals surface area contributed by atoms with Crippen molar-refractivity contribution in [3.63, 3.8) is 0 Å². The molecule has 1 fully saturated rings. The smallest absolute Gasteiger partial charge is 0.203 e. The van der Waals surface area contributed by atoms with Crippen LogP contribution in [-0.2, 0) is 6.54 Å². The molecule has 0 saturated heterocycles. The molecule has 0 aliphatic heterocycles. The van der Waals surface area contributed by atoms with E-state index in [1.165, 1.54) is 38.5 Å². The lowest BCUT2D eigenvalue weighted by Gasteiger charge is -2.16. The minimum Gasteiger partial charge on any atom is -0.493 e. The summed E-state index contributed by atoms with van der Waals surface area (Å²) in [5.41, 5.74) is 1.04. The lowest BCUT2D eigenvalue weighted by atomic mass is 10.0. The van der Waals surface area contributed by atoms with E-state index >= 15 is 0 Å². The number of methoxy groups -OCH3 is 3. The molecule has 0 atom stereocenters. The summed E-state index contributed by atoms with van der Waals surface area (Å²) in [6.45, 7) is 1.57. The first kappa shape index (κ1) is 20.2. The first-order chi connectivity index (χ1) is 12.7. The van der Waals surface area contributed by atoms with Crippen LogP contribution in [0.15, 0.2) is 17.1 Å². The molecule has 1 saturated carbocycles. The first-order valence-electron chi connectivity index (χ1n) is 9.45. The van der Waals surface area contributed by atoms with Gasteiger partial charge in [-0.15, -0.1) is 0 Å². The van der Waals surface area contributed by atoms with Gasteiger partial charge in [-0.3, -0.25) is 4.99 Å². The summed E-state index contributed by atoms with van der Waals surface area (Å²) in [5, 5.41) is 6.74. The van der Waals surface area contributed by atoms with Gasteiger partial charge in [0.05, 0.1) is 21.3 Å². The number of nitrogens with one attached hydrogen (secondary N) is 2. The molecule has 1 aliphatic carbocycles. The van der Waals surface area contributed by atoms with Crippen LogP contribution in [-0.4, -0.2) is 40.9 Å². The summed E-state index contributed by atoms with van der Waals surface area (Å²) in [5.74, 6) is 3.66. The Morgan fingerprint density at radius 1 is 1.04 bits per heavy atom. The highest BCUT2D eigenvalue weighted by molar-refractivity contribution is 5.79. The Kier molecular flexibility index (Phi) is 8.38. The number of hydrogen-bond donors (Lipinski definition) is 2. The minimum absolute atomic E-state index is 0.605. The number of aliphatic imine (C=N–C) groups is 1. The average Bonchev–Trinajstić information content (AvgIpc) is 3.19. The topological polar surface area (TPSA) is 64.1 Å². The standard InChI is InChI=1S/C20H33N3O3/c1-21-20(22-11-7-10-15-8-5-6-9-15)23-14-16-12-17(24-2)19(26-4)18(13-16)25-3/h12-13,15H,5-11,14H2,1-4H3,(H2,21,22,23). The first-order valence-corrected chi connectivity index (χ1v) is 9.45. The van der Waals surface area contributed by atoms with Crippen molar-refractivity contribution in [1.82, 2.24) is 10.6 Å². The Morgan fingerprint density at radius 3 is 2.23 bits per heavy atom. The monoisotopic (exact) mass is 363 g/mol. The van der Waals surface area contributed by atoms with E-state index in [-0.39, 0.29) is 0 Å². The predicted molar refractivity (Wildman–Crippen MR) is 105 cm³/mol. The lowest BCUT2D eigenvalue weighted by molar-refractivity contribution is 0.323. The van der Waals surface area contributed by atoms with Crippen molar-refractivity contribution >= 4 is 5.96 Å². The summed E-state index contributed by atoms with van der Waals surface area (Å²) in [4.78, 5) is 4.30. The van der Waals surface area contributed by atoms with Crippen molar-refractivity contribution in [3.8, 4) is 17.2 Å². The van der Waals surface area contributed by atoms with Crippen LogP contribution >= 0.6 is 0 Å². The quantitative estimate of drug-likeness (QED) is 0.400. The van der Waals surface area contributed by atoms with Crippen LogP contribution in [0.2, 0.25) is 0 Å². The Morgan fingerprint density at radius 2 is 1.69 bits per heavy atom. The van der Waals surface area contributed by atoms with Crippen LogP contribution in [0.5, 0.6) is 17.2 Å². The third kappa shape index (κ3) is 5.71. The van der Waals surface area contributed by atoms with Crippen LogP contribution in [0.25, 0.3) is 0 Å². The van der Waals surface area contributed by atoms with Gasteiger partial charge in [-0.1, -0.05) is 25.7 Å². The van der Waals surface area contributed by atoms with Crippen LogP contribution in [0.1, 0.15) is 44.1 Å². The molecule has 1 aliphatic rings. The predicted octanol–water partition coefficient (Wildman–Crippen LogP) is 3.35. The number of hydrogen-bond acceptors (Lipinski definition) is 4. The Bertz CT molecular complexity index is 559. The zero-order valence-corrected chi connectivity index (χ0v) is 16.6. The molecule has 0 radical (unpaired) electrons. The molecule has 0 heterocycles. The van der Waals surface area contributed by atoms with Gasteiger partial charge in [-0.05, 0) is 36.5 Å². The van der Waals surface area contributed by atoms with Crippen molar-refractivity contribution < 1.29 is 14.2 Å². The molecule has 1 aromatic rings. The van der Waals surface area contributed by atoms with Crippen LogP contribution < -0.4 is 24.8 Å². The van der Waals surface area contributed by atoms with Gasteiger partial charge >= 0.3 is 0 Å². The van der Waals surface area contributed by atoms with Crippen molar-refractivity contribution in [2.24, 2.45) is 10.9 Å². The van der Waals surface area contributed by atoms with Gasteiger partial charge in [0.2, 0.25) is 5.75 Å². The maximum absolute atomic E-state index is 5.40. The zero-order chi connectivity index (χ0) is 18.8. The molecule has 2 N–H and O–H groups in total. The van der Waals surface area contributed by atoms with Gasteiger partial charge in [0.25, 0.3) is 0 Å². The van der Waals surface area contributed by atoms with E-state index in [9.17, 15) is 0 Å². The summed E-state index contributed by atoms with van der Waals surface area (Å²) >= 11 is 0. The normalized spacial score (nSPS) is 15.0. The Hall–Kier alpha value is -2.11. The SMILES string of the molecule is CN=C(NCCCC1CCCC1)NCc1cc(OC)c(OC)c(OC)c1. The molecular weight excluding hydrogens is 330 g/mol. The molecule has 146 valence electrons. The highest BCUT2D eigenvalue weighted by Gasteiger charge is 2.15. The van der Waals surface area contributed by atoms with Crippen LogP contribution in [0.4, 0.5) is 0 Å². The molecule has 0 unspecified atom stereocenters. The van der Waals surface area contributed by atoms with Gasteiger partial charge in [0.15, 0.2) is 17.5 Å². The maximum Gasteiger partial charge on any atom is 0.203 e. The van der Waals surface area contributed by atoms with E-state index in [0.29, 0.717) is 23.8 Å². The molecule has 0 aromatic heterocycles. The van der Waals surface area contributed by atoms with Gasteiger partial charge in [-0.25, -0.2) is 0 Å². The highest BCUT2D eigenvalue weighted by Crippen LogP contribution is 2.38. The number of benzene rings is 1. The molecule has 26 heavy (non-hydrogen) atoms. The summed E-state index contributed by atoms with van der Waals surface area (Å²) in [6, 6.07) is 3.89. The molecular formula is C20H33N3O3. The third-order valence-electron chi connectivity index (χ3n) is 4.96. The van der Waals surface area contributed by atoms with Gasteiger partial charge in [0, 0.05) is 20.1 Å². The van der Waals surface area contributed by atoms with Crippen molar-refractivity contribution in [1.29, 1.82) is 0 Å². The molecule has 2 rings (SSSR count). The Labute approximate surface area is 157 Å². The lowest BCUT2D eigenvalue weighted by Crippen LogP contribution is -2.37. The zero-order valence-electron chi connectivity index (χ0n) is 16.6. The molecule has 0 spiro atoms. The van der Waals surface area contributed by atoms with Crippen molar-refractivity contribution in [2.45, 2.75) is 45.1 Å². The van der Waals surface area contributed by atoms with Crippen LogP contribution in [0.3, 0.4) is 0 Å². The number of ether oxygens (including phenoxy) is 3. The molecule has 0 amide bonds. The molecule has 6 nitrogen and oxygen atoms in total. The maximum atomic E-state index is 5.40. The van der Waals surface area contributed by atoms with E-state index in [0.717, 1.165) is 24.0 Å². The highest BCUT2D eigenvalue weighted by atomic mass is 16.5. The average molecular weight is 364 g/mol. The summed E-state index contributed by atoms with van der Waals surface area (Å²) < 4.78 is 16.2. The van der Waals surface area contributed by atoms with Gasteiger partial charge in [-0.2, -0.15) is 0 Å². The Balaban J connectivity index is 1.83. The second kappa shape index (κ2) is 10.8. The third-order valence-corrected chi connectivity index (χ3v) is 4.96. The van der Waals surface area contributed by atoms with Crippen molar-refractivity contribution in [3.05, 3.63) is 17.7 Å². The van der Waals surface area contributed by atoms with Crippen LogP contribution in [0, 0.1) is 5.92 Å². The number of rotatable bonds is 9.